The summed E-state index contributed by atoms with van der Waals surface area (Å²) in [5.41, 5.74) is 0.463. The topological polar surface area (TPSA) is 54.0 Å². The van der Waals surface area contributed by atoms with Crippen molar-refractivity contribution in [1.82, 2.24) is 10.3 Å². The molecular weight excluding hydrogens is 250 g/mol. The molecule has 1 aromatic rings. The van der Waals surface area contributed by atoms with Gasteiger partial charge < -0.3 is 10.6 Å². The lowest BCUT2D eigenvalue weighted by Gasteiger charge is -2.16. The molecule has 5 heteroatoms. The molecule has 1 aromatic heterocycles. The molecular formula is C13H20ClN3O. The Labute approximate surface area is 113 Å². The summed E-state index contributed by atoms with van der Waals surface area (Å²) >= 11 is 6.00. The van der Waals surface area contributed by atoms with Crippen LogP contribution in [0.1, 0.15) is 43.5 Å². The van der Waals surface area contributed by atoms with Crippen LogP contribution in [0, 0.1) is 0 Å². The standard InChI is InChI=1S/C13H20ClN3O/c1-4-6-9(5-2)17-13(18)10-7-12(15-3)16-8-11(10)14/h7-9H,4-6H2,1-3H3,(H,15,16)(H,17,18). The van der Waals surface area contributed by atoms with Crippen molar-refractivity contribution in [2.45, 2.75) is 39.2 Å². The van der Waals surface area contributed by atoms with Gasteiger partial charge in [0.1, 0.15) is 5.82 Å². The number of nitrogens with one attached hydrogen (secondary N) is 2. The first-order valence-corrected chi connectivity index (χ1v) is 6.64. The van der Waals surface area contributed by atoms with E-state index in [1.807, 2.05) is 0 Å². The number of halogens is 1. The number of hydrogen-bond acceptors (Lipinski definition) is 3. The predicted octanol–water partition coefficient (Wildman–Crippen LogP) is 3.09. The van der Waals surface area contributed by atoms with E-state index in [9.17, 15) is 4.79 Å². The molecule has 0 saturated carbocycles. The van der Waals surface area contributed by atoms with Crippen LogP contribution < -0.4 is 10.6 Å². The molecule has 100 valence electrons. The van der Waals surface area contributed by atoms with Gasteiger partial charge in [-0.15, -0.1) is 0 Å². The molecule has 1 heterocycles. The molecule has 0 radical (unpaired) electrons. The van der Waals surface area contributed by atoms with Gasteiger partial charge in [0.05, 0.1) is 10.6 Å². The Bertz CT molecular complexity index is 409. The second kappa shape index (κ2) is 7.21. The molecule has 2 N–H and O–H groups in total. The average molecular weight is 270 g/mol. The number of rotatable bonds is 6. The summed E-state index contributed by atoms with van der Waals surface area (Å²) < 4.78 is 0. The highest BCUT2D eigenvalue weighted by Crippen LogP contribution is 2.18. The minimum Gasteiger partial charge on any atom is -0.373 e. The maximum absolute atomic E-state index is 12.1. The fourth-order valence-corrected chi connectivity index (χ4v) is 1.93. The molecule has 1 atom stereocenters. The van der Waals surface area contributed by atoms with Gasteiger partial charge in [-0.25, -0.2) is 4.98 Å². The second-order valence-electron chi connectivity index (χ2n) is 4.17. The van der Waals surface area contributed by atoms with Crippen LogP contribution in [0.4, 0.5) is 5.82 Å². The minimum absolute atomic E-state index is 0.140. The molecule has 4 nitrogen and oxygen atoms in total. The van der Waals surface area contributed by atoms with E-state index in [1.54, 1.807) is 13.1 Å². The molecule has 0 saturated heterocycles. The van der Waals surface area contributed by atoms with Gasteiger partial charge >= 0.3 is 0 Å². The molecule has 0 spiro atoms. The van der Waals surface area contributed by atoms with E-state index < -0.39 is 0 Å². The smallest absolute Gasteiger partial charge is 0.253 e. The van der Waals surface area contributed by atoms with Crippen molar-refractivity contribution in [2.24, 2.45) is 0 Å². The zero-order valence-electron chi connectivity index (χ0n) is 11.1. The summed E-state index contributed by atoms with van der Waals surface area (Å²) in [5.74, 6) is 0.493. The van der Waals surface area contributed by atoms with Gasteiger partial charge in [-0.05, 0) is 18.9 Å². The van der Waals surface area contributed by atoms with Crippen molar-refractivity contribution in [3.63, 3.8) is 0 Å². The number of pyridine rings is 1. The monoisotopic (exact) mass is 269 g/mol. The fraction of sp³-hybridized carbons (Fsp3) is 0.538. The van der Waals surface area contributed by atoms with Crippen LogP contribution in [-0.4, -0.2) is 24.0 Å². The van der Waals surface area contributed by atoms with E-state index >= 15 is 0 Å². The lowest BCUT2D eigenvalue weighted by Crippen LogP contribution is -2.34. The molecule has 1 amide bonds. The Morgan fingerprint density at radius 3 is 2.78 bits per heavy atom. The number of hydrogen-bond donors (Lipinski definition) is 2. The summed E-state index contributed by atoms with van der Waals surface area (Å²) in [6.07, 6.45) is 4.43. The van der Waals surface area contributed by atoms with E-state index in [2.05, 4.69) is 29.5 Å². The van der Waals surface area contributed by atoms with Crippen molar-refractivity contribution in [3.05, 3.63) is 22.8 Å². The van der Waals surface area contributed by atoms with Crippen molar-refractivity contribution in [2.75, 3.05) is 12.4 Å². The maximum atomic E-state index is 12.1. The van der Waals surface area contributed by atoms with Crippen LogP contribution in [0.3, 0.4) is 0 Å². The van der Waals surface area contributed by atoms with Crippen molar-refractivity contribution in [3.8, 4) is 0 Å². The van der Waals surface area contributed by atoms with E-state index in [4.69, 9.17) is 11.6 Å². The summed E-state index contributed by atoms with van der Waals surface area (Å²) in [4.78, 5) is 16.2. The third kappa shape index (κ3) is 3.88. The number of anilines is 1. The van der Waals surface area contributed by atoms with Crippen LogP contribution in [0.25, 0.3) is 0 Å². The zero-order chi connectivity index (χ0) is 13.5. The predicted molar refractivity (Wildman–Crippen MR) is 75.2 cm³/mol. The van der Waals surface area contributed by atoms with Crippen LogP contribution in [-0.2, 0) is 0 Å². The quantitative estimate of drug-likeness (QED) is 0.834. The molecule has 0 bridgehead atoms. The first-order chi connectivity index (χ1) is 8.62. The van der Waals surface area contributed by atoms with Gasteiger partial charge in [-0.3, -0.25) is 4.79 Å². The number of nitrogens with zero attached hydrogens (tertiary/aromatic N) is 1. The minimum atomic E-state index is -0.140. The first-order valence-electron chi connectivity index (χ1n) is 6.26. The number of carbonyl (C=O) groups is 1. The van der Waals surface area contributed by atoms with Gasteiger partial charge in [0, 0.05) is 19.3 Å². The Morgan fingerprint density at radius 2 is 2.22 bits per heavy atom. The second-order valence-corrected chi connectivity index (χ2v) is 4.57. The number of aromatic nitrogens is 1. The number of amides is 1. The first kappa shape index (κ1) is 14.8. The molecule has 0 fully saturated rings. The lowest BCUT2D eigenvalue weighted by molar-refractivity contribution is 0.0934. The number of carbonyl (C=O) groups excluding carboxylic acids is 1. The van der Waals surface area contributed by atoms with Crippen molar-refractivity contribution in [1.29, 1.82) is 0 Å². The third-order valence-corrected chi connectivity index (χ3v) is 3.12. The van der Waals surface area contributed by atoms with Gasteiger partial charge in [0.25, 0.3) is 5.91 Å². The Morgan fingerprint density at radius 1 is 1.50 bits per heavy atom. The molecule has 0 aliphatic heterocycles. The summed E-state index contributed by atoms with van der Waals surface area (Å²) in [6, 6.07) is 1.86. The third-order valence-electron chi connectivity index (χ3n) is 2.82. The van der Waals surface area contributed by atoms with Crippen molar-refractivity contribution < 1.29 is 4.79 Å². The van der Waals surface area contributed by atoms with Crippen LogP contribution >= 0.6 is 11.6 Å². The van der Waals surface area contributed by atoms with E-state index in [0.29, 0.717) is 16.4 Å². The molecule has 0 aromatic carbocycles. The Kier molecular flexibility index (Phi) is 5.92. The highest BCUT2D eigenvalue weighted by Gasteiger charge is 2.15. The molecule has 18 heavy (non-hydrogen) atoms. The summed E-state index contributed by atoms with van der Waals surface area (Å²) in [5, 5.41) is 6.26. The molecule has 1 unspecified atom stereocenters. The highest BCUT2D eigenvalue weighted by molar-refractivity contribution is 6.33. The normalized spacial score (nSPS) is 12.0. The average Bonchev–Trinajstić information content (AvgIpc) is 2.38. The Hall–Kier alpha value is -1.29. The van der Waals surface area contributed by atoms with E-state index in [0.717, 1.165) is 19.3 Å². The van der Waals surface area contributed by atoms with Gasteiger partial charge in [0.15, 0.2) is 0 Å². The maximum Gasteiger partial charge on any atom is 0.253 e. The summed E-state index contributed by atoms with van der Waals surface area (Å²) in [6.45, 7) is 4.17. The van der Waals surface area contributed by atoms with Crippen LogP contribution in [0.5, 0.6) is 0 Å². The van der Waals surface area contributed by atoms with Crippen LogP contribution in [0.15, 0.2) is 12.3 Å². The highest BCUT2D eigenvalue weighted by atomic mass is 35.5. The van der Waals surface area contributed by atoms with Gasteiger partial charge in [-0.2, -0.15) is 0 Å². The zero-order valence-corrected chi connectivity index (χ0v) is 11.8. The van der Waals surface area contributed by atoms with Gasteiger partial charge in [-0.1, -0.05) is 31.9 Å². The van der Waals surface area contributed by atoms with E-state index in [-0.39, 0.29) is 11.9 Å². The largest absolute Gasteiger partial charge is 0.373 e. The van der Waals surface area contributed by atoms with Crippen LogP contribution in [0.2, 0.25) is 5.02 Å². The molecule has 0 aliphatic carbocycles. The van der Waals surface area contributed by atoms with E-state index in [1.165, 1.54) is 6.20 Å². The summed E-state index contributed by atoms with van der Waals surface area (Å²) in [7, 11) is 1.75. The van der Waals surface area contributed by atoms with Crippen molar-refractivity contribution >= 4 is 23.3 Å². The SMILES string of the molecule is CCCC(CC)NC(=O)c1cc(NC)ncc1Cl. The molecule has 1 rings (SSSR count). The van der Waals surface area contributed by atoms with Gasteiger partial charge in [0.2, 0.25) is 0 Å². The fourth-order valence-electron chi connectivity index (χ4n) is 1.74. The Balaban J connectivity index is 2.82. The molecule has 0 aliphatic rings. The lowest BCUT2D eigenvalue weighted by atomic mass is 10.1.